The first-order valence-corrected chi connectivity index (χ1v) is 8.10. The van der Waals surface area contributed by atoms with Gasteiger partial charge in [-0.05, 0) is 51.6 Å². The third-order valence-electron chi connectivity index (χ3n) is 5.70. The summed E-state index contributed by atoms with van der Waals surface area (Å²) in [6.45, 7) is 2.16. The molecule has 1 saturated heterocycles. The van der Waals surface area contributed by atoms with E-state index in [0.717, 1.165) is 32.4 Å². The highest BCUT2D eigenvalue weighted by molar-refractivity contribution is 5.83. The van der Waals surface area contributed by atoms with E-state index >= 15 is 0 Å². The van der Waals surface area contributed by atoms with E-state index in [2.05, 4.69) is 0 Å². The van der Waals surface area contributed by atoms with Crippen LogP contribution in [0.3, 0.4) is 0 Å². The molecule has 1 heterocycles. The van der Waals surface area contributed by atoms with Crippen LogP contribution in [0.1, 0.15) is 44.9 Å². The number of carbonyl (C=O) groups is 1. The molecule has 114 valence electrons. The normalized spacial score (nSPS) is 31.0. The molecule has 1 aliphatic heterocycles. The Hall–Kier alpha value is -0.610. The zero-order valence-electron chi connectivity index (χ0n) is 12.9. The monoisotopic (exact) mass is 280 g/mol. The van der Waals surface area contributed by atoms with E-state index in [0.29, 0.717) is 23.8 Å². The van der Waals surface area contributed by atoms with E-state index < -0.39 is 5.60 Å². The molecule has 0 aromatic rings. The molecule has 0 aromatic carbocycles. The van der Waals surface area contributed by atoms with Crippen LogP contribution >= 0.6 is 0 Å². The third kappa shape index (κ3) is 2.60. The molecule has 0 aromatic heterocycles. The van der Waals surface area contributed by atoms with Gasteiger partial charge in [0.1, 0.15) is 0 Å². The Balaban J connectivity index is 1.52. The molecule has 3 fully saturated rings. The first kappa shape index (κ1) is 14.3. The topological polar surface area (TPSA) is 43.8 Å². The lowest BCUT2D eigenvalue weighted by Crippen LogP contribution is -2.51. The number of hydrogen-bond acceptors (Lipinski definition) is 3. The van der Waals surface area contributed by atoms with Crippen LogP contribution in [0.25, 0.3) is 0 Å². The minimum atomic E-state index is -0.602. The minimum Gasteiger partial charge on any atom is -0.388 e. The lowest BCUT2D eigenvalue weighted by Gasteiger charge is -2.39. The van der Waals surface area contributed by atoms with Gasteiger partial charge in [-0.3, -0.25) is 4.79 Å². The van der Waals surface area contributed by atoms with E-state index in [9.17, 15) is 9.90 Å². The third-order valence-corrected chi connectivity index (χ3v) is 5.70. The van der Waals surface area contributed by atoms with Crippen LogP contribution in [-0.2, 0) is 4.79 Å². The van der Waals surface area contributed by atoms with Crippen LogP contribution in [-0.4, -0.2) is 60.1 Å². The van der Waals surface area contributed by atoms with Gasteiger partial charge in [-0.15, -0.1) is 0 Å². The smallest absolute Gasteiger partial charge is 0.226 e. The summed E-state index contributed by atoms with van der Waals surface area (Å²) < 4.78 is 0. The summed E-state index contributed by atoms with van der Waals surface area (Å²) in [6.07, 6.45) is 7.72. The number of likely N-dealkylation sites (tertiary alicyclic amines) is 1. The van der Waals surface area contributed by atoms with Gasteiger partial charge >= 0.3 is 0 Å². The Morgan fingerprint density at radius 3 is 2.35 bits per heavy atom. The molecule has 1 amide bonds. The molecule has 1 N–H and O–H groups in total. The first-order chi connectivity index (χ1) is 9.44. The zero-order valence-corrected chi connectivity index (χ0v) is 12.9. The summed E-state index contributed by atoms with van der Waals surface area (Å²) in [5, 5.41) is 10.5. The Labute approximate surface area is 122 Å². The average molecular weight is 280 g/mol. The number of hydrogen-bond donors (Lipinski definition) is 1. The number of aliphatic hydroxyl groups is 1. The molecule has 4 heteroatoms. The summed E-state index contributed by atoms with van der Waals surface area (Å²) in [6, 6.07) is 0. The van der Waals surface area contributed by atoms with Gasteiger partial charge in [0, 0.05) is 25.6 Å². The van der Waals surface area contributed by atoms with E-state index in [1.165, 1.54) is 25.7 Å². The Morgan fingerprint density at radius 2 is 1.80 bits per heavy atom. The number of likely N-dealkylation sites (N-methyl/N-ethyl adjacent to an activating group) is 1. The molecule has 4 nitrogen and oxygen atoms in total. The molecule has 1 atom stereocenters. The second kappa shape index (κ2) is 4.99. The number of rotatable bonds is 3. The van der Waals surface area contributed by atoms with Crippen LogP contribution in [0.2, 0.25) is 0 Å². The van der Waals surface area contributed by atoms with Gasteiger partial charge in [-0.25, -0.2) is 0 Å². The van der Waals surface area contributed by atoms with Crippen molar-refractivity contribution in [2.24, 2.45) is 11.3 Å². The molecular formula is C16H28N2O2. The SMILES string of the molecule is CN(C)CC1(O)CCN(C(=O)[C@H]2CC23CCCC3)CC1. The molecule has 1 spiro atoms. The van der Waals surface area contributed by atoms with E-state index in [4.69, 9.17) is 0 Å². The maximum atomic E-state index is 12.6. The molecule has 2 aliphatic carbocycles. The summed E-state index contributed by atoms with van der Waals surface area (Å²) >= 11 is 0. The quantitative estimate of drug-likeness (QED) is 0.851. The molecule has 2 saturated carbocycles. The number of nitrogens with zero attached hydrogens (tertiary/aromatic N) is 2. The highest BCUT2D eigenvalue weighted by Crippen LogP contribution is 2.63. The van der Waals surface area contributed by atoms with Crippen molar-refractivity contribution in [3.63, 3.8) is 0 Å². The predicted molar refractivity (Wildman–Crippen MR) is 78.3 cm³/mol. The molecule has 20 heavy (non-hydrogen) atoms. The Kier molecular flexibility index (Phi) is 3.57. The molecule has 0 bridgehead atoms. The van der Waals surface area contributed by atoms with Crippen molar-refractivity contribution in [1.82, 2.24) is 9.80 Å². The fraction of sp³-hybridized carbons (Fsp3) is 0.938. The van der Waals surface area contributed by atoms with E-state index in [1.807, 2.05) is 23.9 Å². The fourth-order valence-electron chi connectivity index (χ4n) is 4.44. The summed E-state index contributed by atoms with van der Waals surface area (Å²) in [5.74, 6) is 0.684. The van der Waals surface area contributed by atoms with E-state index in [-0.39, 0.29) is 0 Å². The van der Waals surface area contributed by atoms with Crippen molar-refractivity contribution in [1.29, 1.82) is 0 Å². The van der Waals surface area contributed by atoms with Crippen LogP contribution in [0.15, 0.2) is 0 Å². The van der Waals surface area contributed by atoms with Crippen molar-refractivity contribution in [2.45, 2.75) is 50.5 Å². The van der Waals surface area contributed by atoms with Crippen LogP contribution in [0.4, 0.5) is 0 Å². The maximum absolute atomic E-state index is 12.6. The van der Waals surface area contributed by atoms with Gasteiger partial charge < -0.3 is 14.9 Å². The predicted octanol–water partition coefficient (Wildman–Crippen LogP) is 1.48. The largest absolute Gasteiger partial charge is 0.388 e. The van der Waals surface area contributed by atoms with Crippen LogP contribution < -0.4 is 0 Å². The first-order valence-electron chi connectivity index (χ1n) is 8.10. The standard InChI is InChI=1S/C16H28N2O2/c1-17(2)12-16(20)7-9-18(10-8-16)14(19)13-11-15(13)5-3-4-6-15/h13,20H,3-12H2,1-2H3/t13-/m1/s1. The van der Waals surface area contributed by atoms with Crippen LogP contribution in [0, 0.1) is 11.3 Å². The van der Waals surface area contributed by atoms with Crippen molar-refractivity contribution in [3.05, 3.63) is 0 Å². The van der Waals surface area contributed by atoms with Gasteiger partial charge in [0.05, 0.1) is 5.60 Å². The van der Waals surface area contributed by atoms with E-state index in [1.54, 1.807) is 0 Å². The Bertz CT molecular complexity index is 380. The van der Waals surface area contributed by atoms with Crippen molar-refractivity contribution >= 4 is 5.91 Å². The van der Waals surface area contributed by atoms with Gasteiger partial charge in [-0.2, -0.15) is 0 Å². The highest BCUT2D eigenvalue weighted by atomic mass is 16.3. The second-order valence-electron chi connectivity index (χ2n) is 7.61. The summed E-state index contributed by atoms with van der Waals surface area (Å²) in [5.41, 5.74) is -0.205. The minimum absolute atomic E-state index is 0.310. The van der Waals surface area contributed by atoms with Crippen molar-refractivity contribution < 1.29 is 9.90 Å². The molecule has 0 radical (unpaired) electrons. The lowest BCUT2D eigenvalue weighted by molar-refractivity contribution is -0.138. The van der Waals surface area contributed by atoms with Crippen molar-refractivity contribution in [3.8, 4) is 0 Å². The molecular weight excluding hydrogens is 252 g/mol. The summed E-state index contributed by atoms with van der Waals surface area (Å²) in [7, 11) is 3.98. The van der Waals surface area contributed by atoms with Gasteiger partial charge in [0.25, 0.3) is 0 Å². The molecule has 3 aliphatic rings. The number of carbonyl (C=O) groups excluding carboxylic acids is 1. The summed E-state index contributed by atoms with van der Waals surface area (Å²) in [4.78, 5) is 16.6. The van der Waals surface area contributed by atoms with Crippen LogP contribution in [0.5, 0.6) is 0 Å². The second-order valence-corrected chi connectivity index (χ2v) is 7.61. The number of piperidine rings is 1. The molecule has 3 rings (SSSR count). The average Bonchev–Trinajstić information content (AvgIpc) is 2.86. The highest BCUT2D eigenvalue weighted by Gasteiger charge is 2.59. The zero-order chi connectivity index (χ0) is 14.4. The Morgan fingerprint density at radius 1 is 1.20 bits per heavy atom. The van der Waals surface area contributed by atoms with Gasteiger partial charge in [0.2, 0.25) is 5.91 Å². The number of amides is 1. The maximum Gasteiger partial charge on any atom is 0.226 e. The van der Waals surface area contributed by atoms with Gasteiger partial charge in [0.15, 0.2) is 0 Å². The van der Waals surface area contributed by atoms with Crippen molar-refractivity contribution in [2.75, 3.05) is 33.7 Å². The fourth-order valence-corrected chi connectivity index (χ4v) is 4.44. The molecule has 0 unspecified atom stereocenters. The lowest BCUT2D eigenvalue weighted by atomic mass is 9.90. The van der Waals surface area contributed by atoms with Gasteiger partial charge in [-0.1, -0.05) is 12.8 Å².